The van der Waals surface area contributed by atoms with Crippen molar-refractivity contribution in [2.45, 2.75) is 350 Å². The van der Waals surface area contributed by atoms with Crippen molar-refractivity contribution in [1.82, 2.24) is 0 Å². The van der Waals surface area contributed by atoms with Gasteiger partial charge < -0.3 is 33.8 Å². The average molecular weight is 1280 g/mol. The Hall–Kier alpha value is -1.94. The molecular formula is C68H132O17P2. The number of aliphatic hydroxyl groups excluding tert-OH is 1. The van der Waals surface area contributed by atoms with E-state index in [9.17, 15) is 43.2 Å². The number of hydrogen-bond acceptors (Lipinski definition) is 15. The first kappa shape index (κ1) is 85.1. The van der Waals surface area contributed by atoms with Crippen LogP contribution < -0.4 is 0 Å². The number of aliphatic hydroxyl groups is 1. The molecule has 0 aliphatic rings. The highest BCUT2D eigenvalue weighted by molar-refractivity contribution is 7.47. The zero-order valence-electron chi connectivity index (χ0n) is 56.6. The van der Waals surface area contributed by atoms with Crippen molar-refractivity contribution in [2.24, 2.45) is 23.7 Å². The molecule has 0 aromatic heterocycles. The van der Waals surface area contributed by atoms with Crippen molar-refractivity contribution in [1.29, 1.82) is 0 Å². The minimum absolute atomic E-state index is 0.101. The van der Waals surface area contributed by atoms with Gasteiger partial charge in [-0.05, 0) is 49.4 Å². The van der Waals surface area contributed by atoms with Crippen LogP contribution in [-0.2, 0) is 65.4 Å². The van der Waals surface area contributed by atoms with Gasteiger partial charge in [-0.15, -0.1) is 0 Å². The van der Waals surface area contributed by atoms with E-state index in [1.807, 2.05) is 0 Å². The van der Waals surface area contributed by atoms with Gasteiger partial charge in [0.15, 0.2) is 12.2 Å². The molecule has 87 heavy (non-hydrogen) atoms. The van der Waals surface area contributed by atoms with Crippen molar-refractivity contribution < 1.29 is 80.2 Å². The number of carbonyl (C=O) groups excluding carboxylic acids is 4. The van der Waals surface area contributed by atoms with Crippen molar-refractivity contribution in [3.63, 3.8) is 0 Å². The van der Waals surface area contributed by atoms with E-state index in [1.54, 1.807) is 0 Å². The second kappa shape index (κ2) is 57.9. The lowest BCUT2D eigenvalue weighted by Crippen LogP contribution is -2.30. The molecule has 516 valence electrons. The molecule has 0 radical (unpaired) electrons. The number of phosphoric acid groups is 2. The van der Waals surface area contributed by atoms with Gasteiger partial charge in [-0.25, -0.2) is 9.13 Å². The number of esters is 4. The predicted octanol–water partition coefficient (Wildman–Crippen LogP) is 18.9. The third kappa shape index (κ3) is 60.1. The Kier molecular flexibility index (Phi) is 56.6. The largest absolute Gasteiger partial charge is 0.472 e. The zero-order valence-corrected chi connectivity index (χ0v) is 58.4. The van der Waals surface area contributed by atoms with Gasteiger partial charge in [0.25, 0.3) is 0 Å². The Morgan fingerprint density at radius 1 is 0.322 bits per heavy atom. The summed E-state index contributed by atoms with van der Waals surface area (Å²) in [6, 6.07) is 0. The Balaban J connectivity index is 5.20. The molecular weight excluding hydrogens is 1150 g/mol. The molecule has 0 saturated carbocycles. The van der Waals surface area contributed by atoms with E-state index >= 15 is 0 Å². The fourth-order valence-electron chi connectivity index (χ4n) is 10.1. The molecule has 0 spiro atoms. The SMILES string of the molecule is CCC(C)CCCCCCCCCCCCCCCCC(=O)O[C@H](COC(=O)CCCCCCCCC(C)CC)COP(=O)(O)OCC(O)COP(=O)(O)OC[C@@H](COC(=O)CCCCCCCCCC(C)C)OC(=O)CCCCCCCCC(C)C. The number of phosphoric ester groups is 2. The Morgan fingerprint density at radius 2 is 0.552 bits per heavy atom. The van der Waals surface area contributed by atoms with Crippen molar-refractivity contribution in [2.75, 3.05) is 39.6 Å². The van der Waals surface area contributed by atoms with Crippen LogP contribution in [0.3, 0.4) is 0 Å². The lowest BCUT2D eigenvalue weighted by Gasteiger charge is -2.21. The van der Waals surface area contributed by atoms with Gasteiger partial charge in [-0.1, -0.05) is 280 Å². The van der Waals surface area contributed by atoms with Crippen molar-refractivity contribution >= 4 is 39.5 Å². The number of rotatable bonds is 65. The topological polar surface area (TPSA) is 237 Å². The number of ether oxygens (including phenoxy) is 4. The summed E-state index contributed by atoms with van der Waals surface area (Å²) < 4.78 is 68.1. The van der Waals surface area contributed by atoms with Gasteiger partial charge >= 0.3 is 39.5 Å². The van der Waals surface area contributed by atoms with Gasteiger partial charge in [-0.2, -0.15) is 0 Å². The molecule has 5 unspecified atom stereocenters. The highest BCUT2D eigenvalue weighted by Gasteiger charge is 2.30. The Labute approximate surface area is 530 Å². The van der Waals surface area contributed by atoms with Crippen LogP contribution in [0.1, 0.15) is 331 Å². The molecule has 0 fully saturated rings. The molecule has 0 aliphatic heterocycles. The molecule has 17 nitrogen and oxygen atoms in total. The highest BCUT2D eigenvalue weighted by Crippen LogP contribution is 2.45. The normalized spacial score (nSPS) is 15.0. The Bertz CT molecular complexity index is 1730. The van der Waals surface area contributed by atoms with Gasteiger partial charge in [0, 0.05) is 25.7 Å². The minimum atomic E-state index is -4.95. The molecule has 0 aromatic rings. The van der Waals surface area contributed by atoms with Gasteiger partial charge in [0.05, 0.1) is 26.4 Å². The fraction of sp³-hybridized carbons (Fsp3) is 0.941. The third-order valence-corrected chi connectivity index (χ3v) is 18.2. The lowest BCUT2D eigenvalue weighted by molar-refractivity contribution is -0.161. The van der Waals surface area contributed by atoms with Gasteiger partial charge in [-0.3, -0.25) is 37.3 Å². The molecule has 3 N–H and O–H groups in total. The maximum Gasteiger partial charge on any atom is 0.472 e. The van der Waals surface area contributed by atoms with Crippen LogP contribution in [0.5, 0.6) is 0 Å². The lowest BCUT2D eigenvalue weighted by atomic mass is 9.99. The summed E-state index contributed by atoms with van der Waals surface area (Å²) in [4.78, 5) is 72.3. The standard InChI is InChI=1S/C68H132O17P2/c1-9-60(7)46-38-30-21-17-15-13-11-12-14-16-18-22-34-42-50-67(72)84-63(55-79-66(71)49-41-33-27-25-31-39-47-61(8)10-2)56-82-86(74,75)80-52-62(69)53-81-87(76,77)83-57-64(85-68(73)51-43-35-26-24-29-37-45-59(5)6)54-78-65(70)48-40-32-23-19-20-28-36-44-58(3)4/h58-64,69H,9-57H2,1-8H3,(H,74,75)(H,76,77)/t60?,61?,62?,63-,64-/m1/s1. The summed E-state index contributed by atoms with van der Waals surface area (Å²) in [6.07, 6.45) is 39.2. The van der Waals surface area contributed by atoms with E-state index in [0.717, 1.165) is 115 Å². The van der Waals surface area contributed by atoms with Crippen LogP contribution in [0.2, 0.25) is 0 Å². The first-order chi connectivity index (χ1) is 41.7. The summed E-state index contributed by atoms with van der Waals surface area (Å²) in [5, 5.41) is 10.6. The maximum absolute atomic E-state index is 13.0. The van der Waals surface area contributed by atoms with Gasteiger partial charge in [0.2, 0.25) is 0 Å². The number of unbranched alkanes of at least 4 members (excludes halogenated alkanes) is 29. The van der Waals surface area contributed by atoms with E-state index in [4.69, 9.17) is 37.0 Å². The van der Waals surface area contributed by atoms with E-state index in [0.29, 0.717) is 37.5 Å². The highest BCUT2D eigenvalue weighted by atomic mass is 31.2. The zero-order chi connectivity index (χ0) is 64.7. The maximum atomic E-state index is 13.0. The monoisotopic (exact) mass is 1280 g/mol. The first-order valence-corrected chi connectivity index (χ1v) is 38.3. The Morgan fingerprint density at radius 3 is 0.816 bits per heavy atom. The van der Waals surface area contributed by atoms with Crippen LogP contribution in [0, 0.1) is 23.7 Å². The van der Waals surface area contributed by atoms with Crippen LogP contribution in [-0.4, -0.2) is 96.7 Å². The van der Waals surface area contributed by atoms with E-state index in [1.165, 1.54) is 122 Å². The molecule has 0 aromatic carbocycles. The molecule has 19 heteroatoms. The summed E-state index contributed by atoms with van der Waals surface area (Å²) in [5.41, 5.74) is 0. The summed E-state index contributed by atoms with van der Waals surface area (Å²) >= 11 is 0. The molecule has 0 aliphatic carbocycles. The molecule has 0 bridgehead atoms. The quantitative estimate of drug-likeness (QED) is 0.0222. The van der Waals surface area contributed by atoms with Crippen LogP contribution in [0.15, 0.2) is 0 Å². The molecule has 0 saturated heterocycles. The minimum Gasteiger partial charge on any atom is -0.462 e. The van der Waals surface area contributed by atoms with E-state index < -0.39 is 97.5 Å². The average Bonchev–Trinajstić information content (AvgIpc) is 3.69. The predicted molar refractivity (Wildman–Crippen MR) is 349 cm³/mol. The van der Waals surface area contributed by atoms with Crippen LogP contribution >= 0.6 is 15.6 Å². The summed E-state index contributed by atoms with van der Waals surface area (Å²) in [6.45, 7) is 14.0. The van der Waals surface area contributed by atoms with Crippen LogP contribution in [0.4, 0.5) is 0 Å². The third-order valence-electron chi connectivity index (χ3n) is 16.3. The van der Waals surface area contributed by atoms with Crippen LogP contribution in [0.25, 0.3) is 0 Å². The first-order valence-electron chi connectivity index (χ1n) is 35.3. The molecule has 0 rings (SSSR count). The molecule has 7 atom stereocenters. The van der Waals surface area contributed by atoms with Gasteiger partial charge in [0.1, 0.15) is 19.3 Å². The van der Waals surface area contributed by atoms with Crippen molar-refractivity contribution in [3.8, 4) is 0 Å². The van der Waals surface area contributed by atoms with E-state index in [2.05, 4.69) is 55.4 Å². The van der Waals surface area contributed by atoms with Crippen molar-refractivity contribution in [3.05, 3.63) is 0 Å². The van der Waals surface area contributed by atoms with E-state index in [-0.39, 0.29) is 25.7 Å². The summed E-state index contributed by atoms with van der Waals surface area (Å²) in [5.74, 6) is 0.813. The smallest absolute Gasteiger partial charge is 0.462 e. The summed E-state index contributed by atoms with van der Waals surface area (Å²) in [7, 11) is -9.90. The number of carbonyl (C=O) groups is 4. The molecule has 0 heterocycles. The second-order valence-corrected chi connectivity index (χ2v) is 28.9. The number of hydrogen-bond donors (Lipinski definition) is 3. The fourth-order valence-corrected chi connectivity index (χ4v) is 11.7. The molecule has 0 amide bonds. The second-order valence-electron chi connectivity index (χ2n) is 26.0.